The lowest BCUT2D eigenvalue weighted by molar-refractivity contribution is 0.0947. The van der Waals surface area contributed by atoms with Crippen LogP contribution in [0.4, 0.5) is 0 Å². The Balaban J connectivity index is 1.62. The number of carbonyl (C=O) groups is 1. The third-order valence-electron chi connectivity index (χ3n) is 4.70. The molecule has 1 amide bonds. The van der Waals surface area contributed by atoms with Crippen LogP contribution < -0.4 is 10.0 Å². The first-order chi connectivity index (χ1) is 15.5. The molecule has 0 aliphatic carbocycles. The fraction of sp³-hybridized carbons (Fsp3) is 0.160. The lowest BCUT2D eigenvalue weighted by Crippen LogP contribution is -2.26. The molecule has 0 radical (unpaired) electrons. The van der Waals surface area contributed by atoms with Crippen LogP contribution in [0.2, 0.25) is 0 Å². The molecule has 0 atom stereocenters. The molecule has 0 aliphatic heterocycles. The number of ether oxygens (including phenoxy) is 1. The zero-order valence-electron chi connectivity index (χ0n) is 17.5. The number of hydrogen-bond donors (Lipinski definition) is 2. The topological polar surface area (TPSA) is 84.5 Å². The Morgan fingerprint density at radius 2 is 1.62 bits per heavy atom. The lowest BCUT2D eigenvalue weighted by Gasteiger charge is -2.12. The normalized spacial score (nSPS) is 11.0. The smallest absolute Gasteiger partial charge is 0.251 e. The summed E-state index contributed by atoms with van der Waals surface area (Å²) in [6, 6.07) is 23.4. The number of carbonyl (C=O) groups excluding carboxylic acids is 1. The van der Waals surface area contributed by atoms with Crippen LogP contribution in [0.3, 0.4) is 0 Å². The third kappa shape index (κ3) is 6.53. The van der Waals surface area contributed by atoms with Crippen molar-refractivity contribution in [3.8, 4) is 12.3 Å². The van der Waals surface area contributed by atoms with Gasteiger partial charge in [-0.05, 0) is 34.9 Å². The fourth-order valence-corrected chi connectivity index (χ4v) is 4.01. The number of sulfonamides is 1. The lowest BCUT2D eigenvalue weighted by atomic mass is 10.1. The van der Waals surface area contributed by atoms with E-state index in [0.717, 1.165) is 16.7 Å². The van der Waals surface area contributed by atoms with Crippen molar-refractivity contribution in [2.75, 3.05) is 6.54 Å². The van der Waals surface area contributed by atoms with Crippen LogP contribution in [0, 0.1) is 12.3 Å². The van der Waals surface area contributed by atoms with Crippen molar-refractivity contribution in [1.29, 1.82) is 0 Å². The van der Waals surface area contributed by atoms with E-state index < -0.39 is 10.0 Å². The van der Waals surface area contributed by atoms with Crippen molar-refractivity contribution >= 4 is 15.9 Å². The average Bonchev–Trinajstić information content (AvgIpc) is 2.82. The molecule has 3 aromatic rings. The van der Waals surface area contributed by atoms with Crippen LogP contribution in [-0.4, -0.2) is 20.9 Å². The predicted octanol–water partition coefficient (Wildman–Crippen LogP) is 3.24. The van der Waals surface area contributed by atoms with Gasteiger partial charge in [-0.3, -0.25) is 4.79 Å². The number of nitrogens with one attached hydrogen (secondary N) is 2. The molecule has 0 saturated carbocycles. The summed E-state index contributed by atoms with van der Waals surface area (Å²) in [5, 5.41) is 2.84. The van der Waals surface area contributed by atoms with E-state index in [9.17, 15) is 13.2 Å². The van der Waals surface area contributed by atoms with Crippen LogP contribution in [0.15, 0.2) is 83.8 Å². The molecule has 0 fully saturated rings. The van der Waals surface area contributed by atoms with E-state index in [1.54, 1.807) is 6.07 Å². The fourth-order valence-electron chi connectivity index (χ4n) is 3.03. The van der Waals surface area contributed by atoms with Crippen molar-refractivity contribution in [2.45, 2.75) is 24.7 Å². The van der Waals surface area contributed by atoms with Crippen molar-refractivity contribution in [2.24, 2.45) is 0 Å². The minimum atomic E-state index is -3.77. The second-order valence-electron chi connectivity index (χ2n) is 6.99. The SMILES string of the molecule is C#CCNS(=O)(=O)c1cccc(C(=O)NCc2ccccc2COCc2ccccc2)c1. The van der Waals surface area contributed by atoms with E-state index >= 15 is 0 Å². The highest BCUT2D eigenvalue weighted by molar-refractivity contribution is 7.89. The molecule has 0 saturated heterocycles. The van der Waals surface area contributed by atoms with E-state index in [2.05, 4.69) is 16.0 Å². The molecule has 6 nitrogen and oxygen atoms in total. The van der Waals surface area contributed by atoms with Gasteiger partial charge in [0.2, 0.25) is 10.0 Å². The summed E-state index contributed by atoms with van der Waals surface area (Å²) >= 11 is 0. The van der Waals surface area contributed by atoms with Gasteiger partial charge in [-0.1, -0.05) is 66.6 Å². The Morgan fingerprint density at radius 3 is 2.38 bits per heavy atom. The van der Waals surface area contributed by atoms with E-state index in [0.29, 0.717) is 13.2 Å². The maximum atomic E-state index is 12.6. The average molecular weight is 449 g/mol. The van der Waals surface area contributed by atoms with Crippen molar-refractivity contribution in [1.82, 2.24) is 10.0 Å². The first-order valence-corrected chi connectivity index (χ1v) is 11.5. The maximum absolute atomic E-state index is 12.6. The summed E-state index contributed by atoms with van der Waals surface area (Å²) in [6.07, 6.45) is 5.11. The molecular weight excluding hydrogens is 424 g/mol. The Kier molecular flexibility index (Phi) is 8.17. The summed E-state index contributed by atoms with van der Waals surface area (Å²) in [6.45, 7) is 1.07. The van der Waals surface area contributed by atoms with E-state index in [1.807, 2.05) is 54.6 Å². The van der Waals surface area contributed by atoms with Gasteiger partial charge in [0.05, 0.1) is 24.7 Å². The van der Waals surface area contributed by atoms with Crippen molar-refractivity contribution in [3.63, 3.8) is 0 Å². The molecule has 2 N–H and O–H groups in total. The predicted molar refractivity (Wildman–Crippen MR) is 123 cm³/mol. The minimum absolute atomic E-state index is 0.0184. The van der Waals surface area contributed by atoms with E-state index in [-0.39, 0.29) is 29.5 Å². The Hall–Kier alpha value is -3.44. The van der Waals surface area contributed by atoms with Crippen LogP contribution in [-0.2, 0) is 34.5 Å². The molecule has 0 aromatic heterocycles. The summed E-state index contributed by atoms with van der Waals surface area (Å²) < 4.78 is 32.6. The third-order valence-corrected chi connectivity index (χ3v) is 6.10. The second kappa shape index (κ2) is 11.3. The maximum Gasteiger partial charge on any atom is 0.251 e. The van der Waals surface area contributed by atoms with E-state index in [1.165, 1.54) is 18.2 Å². The first-order valence-electron chi connectivity index (χ1n) is 9.99. The molecule has 7 heteroatoms. The largest absolute Gasteiger partial charge is 0.372 e. The molecule has 32 heavy (non-hydrogen) atoms. The number of hydrogen-bond acceptors (Lipinski definition) is 4. The van der Waals surface area contributed by atoms with Gasteiger partial charge in [-0.2, -0.15) is 4.72 Å². The van der Waals surface area contributed by atoms with Gasteiger partial charge >= 0.3 is 0 Å². The van der Waals surface area contributed by atoms with Gasteiger partial charge < -0.3 is 10.1 Å². The molecule has 164 valence electrons. The Bertz CT molecular complexity index is 1200. The highest BCUT2D eigenvalue weighted by Crippen LogP contribution is 2.14. The van der Waals surface area contributed by atoms with Gasteiger partial charge in [-0.25, -0.2) is 8.42 Å². The van der Waals surface area contributed by atoms with Crippen molar-refractivity contribution in [3.05, 3.63) is 101 Å². The standard InChI is InChI=1S/C25H24N2O4S/c1-2-15-27-32(29,30)24-14-8-13-21(16-24)25(28)26-17-22-11-6-7-12-23(22)19-31-18-20-9-4-3-5-10-20/h1,3-14,16,27H,15,17-19H2,(H,26,28). The molecule has 0 bridgehead atoms. The monoisotopic (exact) mass is 448 g/mol. The van der Waals surface area contributed by atoms with Gasteiger partial charge in [0, 0.05) is 12.1 Å². The number of terminal acetylenes is 1. The number of amides is 1. The van der Waals surface area contributed by atoms with Crippen LogP contribution in [0.25, 0.3) is 0 Å². The van der Waals surface area contributed by atoms with Crippen LogP contribution in [0.1, 0.15) is 27.0 Å². The number of rotatable bonds is 10. The quantitative estimate of drug-likeness (QED) is 0.467. The zero-order valence-corrected chi connectivity index (χ0v) is 18.3. The Labute approximate surface area is 188 Å². The highest BCUT2D eigenvalue weighted by Gasteiger charge is 2.15. The minimum Gasteiger partial charge on any atom is -0.372 e. The van der Waals surface area contributed by atoms with Crippen LogP contribution in [0.5, 0.6) is 0 Å². The summed E-state index contributed by atoms with van der Waals surface area (Å²) in [7, 11) is -3.77. The van der Waals surface area contributed by atoms with Gasteiger partial charge in [0.25, 0.3) is 5.91 Å². The molecular formula is C25H24N2O4S. The van der Waals surface area contributed by atoms with Crippen LogP contribution >= 0.6 is 0 Å². The second-order valence-corrected chi connectivity index (χ2v) is 8.75. The number of benzene rings is 3. The molecule has 3 rings (SSSR count). The summed E-state index contributed by atoms with van der Waals surface area (Å²) in [5.74, 6) is 1.84. The summed E-state index contributed by atoms with van der Waals surface area (Å²) in [5.41, 5.74) is 3.23. The van der Waals surface area contributed by atoms with Crippen molar-refractivity contribution < 1.29 is 17.9 Å². The highest BCUT2D eigenvalue weighted by atomic mass is 32.2. The van der Waals surface area contributed by atoms with Gasteiger partial charge in [0.15, 0.2) is 0 Å². The van der Waals surface area contributed by atoms with Gasteiger partial charge in [-0.15, -0.1) is 6.42 Å². The van der Waals surface area contributed by atoms with E-state index in [4.69, 9.17) is 11.2 Å². The zero-order chi connectivity index (χ0) is 22.8. The Morgan fingerprint density at radius 1 is 0.906 bits per heavy atom. The molecule has 0 heterocycles. The first kappa shape index (κ1) is 23.2. The molecule has 0 aliphatic rings. The molecule has 0 unspecified atom stereocenters. The summed E-state index contributed by atoms with van der Waals surface area (Å²) in [4.78, 5) is 12.6. The molecule has 0 spiro atoms. The molecule has 3 aromatic carbocycles. The van der Waals surface area contributed by atoms with Gasteiger partial charge in [0.1, 0.15) is 0 Å².